The summed E-state index contributed by atoms with van der Waals surface area (Å²) >= 11 is 0. The summed E-state index contributed by atoms with van der Waals surface area (Å²) in [7, 11) is 2.05. The van der Waals surface area contributed by atoms with Crippen molar-refractivity contribution >= 4 is 0 Å². The first-order valence-corrected chi connectivity index (χ1v) is 9.15. The van der Waals surface area contributed by atoms with Crippen LogP contribution < -0.4 is 0 Å². The van der Waals surface area contributed by atoms with E-state index in [4.69, 9.17) is 4.42 Å². The lowest BCUT2D eigenvalue weighted by atomic mass is 10.1. The lowest BCUT2D eigenvalue weighted by Crippen LogP contribution is -2.22. The maximum absolute atomic E-state index is 5.87. The third kappa shape index (κ3) is 3.84. The number of rotatable bonds is 6. The van der Waals surface area contributed by atoms with E-state index < -0.39 is 0 Å². The fourth-order valence-corrected chi connectivity index (χ4v) is 3.06. The highest BCUT2D eigenvalue weighted by molar-refractivity contribution is 5.53. The molecule has 1 atom stereocenters. The van der Waals surface area contributed by atoms with Crippen LogP contribution in [0.5, 0.6) is 0 Å². The second-order valence-corrected chi connectivity index (χ2v) is 6.89. The molecule has 2 aromatic heterocycles. The Labute approximate surface area is 163 Å². The van der Waals surface area contributed by atoms with E-state index >= 15 is 0 Å². The first kappa shape index (κ1) is 18.1. The van der Waals surface area contributed by atoms with E-state index in [1.807, 2.05) is 50.4 Å². The fraction of sp³-hybridized carbons (Fsp3) is 0.238. The number of hydrogen-bond donors (Lipinski definition) is 0. The zero-order valence-electron chi connectivity index (χ0n) is 16.1. The van der Waals surface area contributed by atoms with Gasteiger partial charge in [0, 0.05) is 11.6 Å². The topological polar surface area (TPSA) is 72.9 Å². The van der Waals surface area contributed by atoms with Crippen molar-refractivity contribution in [2.75, 3.05) is 7.05 Å². The molecular formula is C21H22N6O. The molecule has 0 spiro atoms. The van der Waals surface area contributed by atoms with Crippen LogP contribution in [0.25, 0.3) is 17.1 Å². The van der Waals surface area contributed by atoms with Crippen LogP contribution in [0.2, 0.25) is 0 Å². The summed E-state index contributed by atoms with van der Waals surface area (Å²) < 4.78 is 7.61. The van der Waals surface area contributed by atoms with Crippen molar-refractivity contribution in [3.8, 4) is 17.1 Å². The Bertz CT molecular complexity index is 1040. The molecule has 7 heteroatoms. The highest BCUT2D eigenvalue weighted by Crippen LogP contribution is 2.23. The normalized spacial score (nSPS) is 12.4. The molecule has 7 nitrogen and oxygen atoms in total. The van der Waals surface area contributed by atoms with Gasteiger partial charge in [-0.2, -0.15) is 5.10 Å². The van der Waals surface area contributed by atoms with Gasteiger partial charge in [0.2, 0.25) is 11.8 Å². The van der Waals surface area contributed by atoms with Crippen LogP contribution in [-0.2, 0) is 6.54 Å². The van der Waals surface area contributed by atoms with Gasteiger partial charge in [0.15, 0.2) is 0 Å². The van der Waals surface area contributed by atoms with Crippen LogP contribution in [0.1, 0.15) is 30.0 Å². The minimum Gasteiger partial charge on any atom is -0.419 e. The van der Waals surface area contributed by atoms with Crippen molar-refractivity contribution in [1.82, 2.24) is 29.9 Å². The standard InChI is InChI=1S/C21H22N6O/c1-15-5-4-6-18(11-15)21-25-24-20(28-21)12-26(3)16(2)17-7-9-19(10-8-17)27-14-22-13-23-27/h4-11,13-14,16H,12H2,1-3H3. The van der Waals surface area contributed by atoms with Crippen molar-refractivity contribution in [2.45, 2.75) is 26.4 Å². The second kappa shape index (κ2) is 7.74. The molecule has 142 valence electrons. The monoisotopic (exact) mass is 374 g/mol. The molecule has 0 saturated heterocycles. The van der Waals surface area contributed by atoms with Gasteiger partial charge >= 0.3 is 0 Å². The Morgan fingerprint density at radius 3 is 2.64 bits per heavy atom. The van der Waals surface area contributed by atoms with Crippen LogP contribution in [0.15, 0.2) is 65.6 Å². The number of hydrogen-bond acceptors (Lipinski definition) is 6. The minimum atomic E-state index is 0.194. The van der Waals surface area contributed by atoms with Crippen molar-refractivity contribution in [1.29, 1.82) is 0 Å². The third-order valence-corrected chi connectivity index (χ3v) is 4.84. The second-order valence-electron chi connectivity index (χ2n) is 6.89. The SMILES string of the molecule is Cc1cccc(-c2nnc(CN(C)C(C)c3ccc(-n4cncn4)cc3)o2)c1. The molecule has 0 bridgehead atoms. The van der Waals surface area contributed by atoms with Gasteiger partial charge in [-0.3, -0.25) is 4.90 Å². The van der Waals surface area contributed by atoms with Gasteiger partial charge in [-0.25, -0.2) is 9.67 Å². The highest BCUT2D eigenvalue weighted by atomic mass is 16.4. The Kier molecular flexibility index (Phi) is 4.99. The molecule has 0 aliphatic carbocycles. The molecule has 4 rings (SSSR count). The number of nitrogens with zero attached hydrogens (tertiary/aromatic N) is 6. The summed E-state index contributed by atoms with van der Waals surface area (Å²) in [6.45, 7) is 4.78. The molecule has 2 aromatic carbocycles. The molecule has 0 radical (unpaired) electrons. The van der Waals surface area contributed by atoms with Gasteiger partial charge in [-0.05, 0) is 50.7 Å². The number of aromatic nitrogens is 5. The molecule has 1 unspecified atom stereocenters. The van der Waals surface area contributed by atoms with E-state index in [1.165, 1.54) is 11.9 Å². The van der Waals surface area contributed by atoms with Crippen LogP contribution in [-0.4, -0.2) is 36.9 Å². The zero-order chi connectivity index (χ0) is 19.5. The summed E-state index contributed by atoms with van der Waals surface area (Å²) in [5.74, 6) is 1.15. The number of aryl methyl sites for hydroxylation is 1. The van der Waals surface area contributed by atoms with E-state index in [9.17, 15) is 0 Å². The van der Waals surface area contributed by atoms with E-state index in [2.05, 4.69) is 44.2 Å². The highest BCUT2D eigenvalue weighted by Gasteiger charge is 2.16. The first-order chi connectivity index (χ1) is 13.6. The lowest BCUT2D eigenvalue weighted by Gasteiger charge is -2.23. The first-order valence-electron chi connectivity index (χ1n) is 9.15. The largest absolute Gasteiger partial charge is 0.419 e. The smallest absolute Gasteiger partial charge is 0.247 e. The van der Waals surface area contributed by atoms with E-state index in [-0.39, 0.29) is 6.04 Å². The summed E-state index contributed by atoms with van der Waals surface area (Å²) in [5, 5.41) is 12.6. The molecule has 0 amide bonds. The molecule has 0 aliphatic rings. The molecule has 4 aromatic rings. The summed E-state index contributed by atoms with van der Waals surface area (Å²) in [5.41, 5.74) is 4.29. The van der Waals surface area contributed by atoms with Crippen molar-refractivity contribution in [3.05, 3.63) is 78.2 Å². The molecule has 0 saturated carbocycles. The average molecular weight is 374 g/mol. The predicted octanol–water partition coefficient (Wildman–Crippen LogP) is 3.82. The molecular weight excluding hydrogens is 352 g/mol. The van der Waals surface area contributed by atoms with Gasteiger partial charge in [0.1, 0.15) is 12.7 Å². The van der Waals surface area contributed by atoms with Crippen molar-refractivity contribution < 1.29 is 4.42 Å². The predicted molar refractivity (Wildman–Crippen MR) is 106 cm³/mol. The molecule has 0 N–H and O–H groups in total. The fourth-order valence-electron chi connectivity index (χ4n) is 3.06. The molecule has 28 heavy (non-hydrogen) atoms. The Morgan fingerprint density at radius 2 is 1.93 bits per heavy atom. The van der Waals surface area contributed by atoms with Crippen LogP contribution in [0, 0.1) is 6.92 Å². The number of benzene rings is 2. The maximum atomic E-state index is 5.87. The summed E-state index contributed by atoms with van der Waals surface area (Å²) in [6, 6.07) is 16.5. The third-order valence-electron chi connectivity index (χ3n) is 4.84. The molecule has 0 aliphatic heterocycles. The van der Waals surface area contributed by atoms with Crippen LogP contribution in [0.4, 0.5) is 0 Å². The van der Waals surface area contributed by atoms with Gasteiger partial charge in [0.25, 0.3) is 0 Å². The minimum absolute atomic E-state index is 0.194. The van der Waals surface area contributed by atoms with Crippen LogP contribution in [0.3, 0.4) is 0 Å². The summed E-state index contributed by atoms with van der Waals surface area (Å²) in [4.78, 5) is 6.16. The van der Waals surface area contributed by atoms with Crippen molar-refractivity contribution in [2.24, 2.45) is 0 Å². The quantitative estimate of drug-likeness (QED) is 0.511. The van der Waals surface area contributed by atoms with Crippen molar-refractivity contribution in [3.63, 3.8) is 0 Å². The Balaban J connectivity index is 1.44. The lowest BCUT2D eigenvalue weighted by molar-refractivity contribution is 0.228. The van der Waals surface area contributed by atoms with E-state index in [0.29, 0.717) is 18.3 Å². The molecule has 2 heterocycles. The Hall–Kier alpha value is -3.32. The van der Waals surface area contributed by atoms with Gasteiger partial charge in [-0.1, -0.05) is 29.8 Å². The average Bonchev–Trinajstić information content (AvgIpc) is 3.40. The van der Waals surface area contributed by atoms with E-state index in [1.54, 1.807) is 11.0 Å². The van der Waals surface area contributed by atoms with Gasteiger partial charge in [0.05, 0.1) is 12.2 Å². The van der Waals surface area contributed by atoms with E-state index in [0.717, 1.165) is 16.8 Å². The van der Waals surface area contributed by atoms with Crippen LogP contribution >= 0.6 is 0 Å². The maximum Gasteiger partial charge on any atom is 0.247 e. The van der Waals surface area contributed by atoms with Gasteiger partial charge in [-0.15, -0.1) is 10.2 Å². The Morgan fingerprint density at radius 1 is 1.11 bits per heavy atom. The zero-order valence-corrected chi connectivity index (χ0v) is 16.1. The molecule has 0 fully saturated rings. The summed E-state index contributed by atoms with van der Waals surface area (Å²) in [6.07, 6.45) is 3.21. The van der Waals surface area contributed by atoms with Gasteiger partial charge < -0.3 is 4.42 Å².